The molecular weight excluding hydrogens is 219 g/mol. The standard InChI is InChI=1S/C7H12O7.Na/c1-13-7-4(10)2(8)3(9)5(14-7)6(11)12;/h2-5,7-10H,1H3,(H,11,12);/q;+1/p-1/t2?,3-,4?,5?,7-;/m0./s1. The molecule has 3 N–H and O–H groups in total. The Morgan fingerprint density at radius 2 is 1.80 bits per heavy atom. The van der Waals surface area contributed by atoms with Gasteiger partial charge in [0, 0.05) is 7.11 Å². The number of aliphatic carboxylic acids is 1. The minimum absolute atomic E-state index is 0. The van der Waals surface area contributed by atoms with E-state index in [9.17, 15) is 25.2 Å². The smallest absolute Gasteiger partial charge is 0.547 e. The van der Waals surface area contributed by atoms with E-state index in [2.05, 4.69) is 9.47 Å². The van der Waals surface area contributed by atoms with Crippen LogP contribution in [0.4, 0.5) is 0 Å². The zero-order valence-electron chi connectivity index (χ0n) is 8.36. The van der Waals surface area contributed by atoms with Crippen LogP contribution in [0.15, 0.2) is 0 Å². The summed E-state index contributed by atoms with van der Waals surface area (Å²) in [6.07, 6.45) is -7.88. The molecule has 0 spiro atoms. The van der Waals surface area contributed by atoms with Crippen molar-refractivity contribution < 1.29 is 64.3 Å². The maximum Gasteiger partial charge on any atom is 1.00 e. The molecule has 0 aromatic heterocycles. The van der Waals surface area contributed by atoms with Gasteiger partial charge in [-0.1, -0.05) is 0 Å². The molecule has 82 valence electrons. The van der Waals surface area contributed by atoms with E-state index in [1.54, 1.807) is 0 Å². The molecule has 1 aliphatic rings. The van der Waals surface area contributed by atoms with Gasteiger partial charge in [0.15, 0.2) is 6.29 Å². The Bertz CT molecular complexity index is 221. The van der Waals surface area contributed by atoms with E-state index in [-0.39, 0.29) is 29.6 Å². The summed E-state index contributed by atoms with van der Waals surface area (Å²) >= 11 is 0. The number of hydrogen-bond donors (Lipinski definition) is 3. The van der Waals surface area contributed by atoms with Crippen molar-refractivity contribution in [3.8, 4) is 0 Å². The van der Waals surface area contributed by atoms with Crippen molar-refractivity contribution in [1.82, 2.24) is 0 Å². The summed E-state index contributed by atoms with van der Waals surface area (Å²) in [7, 11) is 1.17. The average Bonchev–Trinajstić information content (AvgIpc) is 2.14. The minimum atomic E-state index is -1.73. The number of carbonyl (C=O) groups is 1. The Labute approximate surface area is 108 Å². The number of aliphatic hydroxyl groups is 3. The van der Waals surface area contributed by atoms with Crippen LogP contribution < -0.4 is 34.7 Å². The van der Waals surface area contributed by atoms with Crippen LogP contribution in [0.5, 0.6) is 0 Å². The fourth-order valence-corrected chi connectivity index (χ4v) is 1.24. The van der Waals surface area contributed by atoms with Gasteiger partial charge in [-0.2, -0.15) is 0 Å². The molecule has 1 rings (SSSR count). The van der Waals surface area contributed by atoms with Gasteiger partial charge in [-0.25, -0.2) is 0 Å². The third-order valence-corrected chi connectivity index (χ3v) is 2.03. The first-order chi connectivity index (χ1) is 6.49. The molecule has 1 aliphatic heterocycles. The van der Waals surface area contributed by atoms with Crippen molar-refractivity contribution in [2.24, 2.45) is 0 Å². The zero-order chi connectivity index (χ0) is 10.9. The van der Waals surface area contributed by atoms with Gasteiger partial charge in [0.25, 0.3) is 0 Å². The van der Waals surface area contributed by atoms with E-state index in [1.807, 2.05) is 0 Å². The third kappa shape index (κ3) is 3.11. The van der Waals surface area contributed by atoms with Crippen LogP contribution in [-0.2, 0) is 14.3 Å². The average molecular weight is 230 g/mol. The summed E-state index contributed by atoms with van der Waals surface area (Å²) in [5, 5.41) is 38.1. The van der Waals surface area contributed by atoms with Crippen LogP contribution in [0.2, 0.25) is 0 Å². The van der Waals surface area contributed by atoms with Gasteiger partial charge in [0.2, 0.25) is 0 Å². The predicted octanol–water partition coefficient (Wildman–Crippen LogP) is -6.81. The Morgan fingerprint density at radius 1 is 1.27 bits per heavy atom. The number of hydrogen-bond acceptors (Lipinski definition) is 7. The summed E-state index contributed by atoms with van der Waals surface area (Å²) in [6, 6.07) is 0. The summed E-state index contributed by atoms with van der Waals surface area (Å²) in [4.78, 5) is 10.4. The van der Waals surface area contributed by atoms with Crippen LogP contribution in [-0.4, -0.2) is 59.1 Å². The Morgan fingerprint density at radius 3 is 2.20 bits per heavy atom. The fourth-order valence-electron chi connectivity index (χ4n) is 1.24. The molecule has 1 saturated heterocycles. The van der Waals surface area contributed by atoms with Gasteiger partial charge >= 0.3 is 29.6 Å². The van der Waals surface area contributed by atoms with Gasteiger partial charge in [0.05, 0.1) is 5.97 Å². The molecule has 0 radical (unpaired) electrons. The van der Waals surface area contributed by atoms with E-state index >= 15 is 0 Å². The fraction of sp³-hybridized carbons (Fsp3) is 0.857. The number of carboxylic acid groups (broad SMARTS) is 1. The molecule has 0 aliphatic carbocycles. The number of aliphatic hydroxyl groups excluding tert-OH is 3. The second-order valence-corrected chi connectivity index (χ2v) is 2.95. The molecular formula is C7H11NaO7. The molecule has 15 heavy (non-hydrogen) atoms. The van der Waals surface area contributed by atoms with Crippen molar-refractivity contribution in [3.63, 3.8) is 0 Å². The first kappa shape index (κ1) is 15.3. The molecule has 0 saturated carbocycles. The Balaban J connectivity index is 0.00000196. The SMILES string of the molecule is CO[C@H]1OC(C(=O)[O-])[C@@H](O)C(O)C1O.[Na+]. The van der Waals surface area contributed by atoms with E-state index in [1.165, 1.54) is 7.11 Å². The second-order valence-electron chi connectivity index (χ2n) is 2.95. The molecule has 3 unspecified atom stereocenters. The van der Waals surface area contributed by atoms with Crippen LogP contribution in [0.1, 0.15) is 0 Å². The zero-order valence-corrected chi connectivity index (χ0v) is 10.4. The molecule has 0 amide bonds. The van der Waals surface area contributed by atoms with Crippen LogP contribution >= 0.6 is 0 Å². The monoisotopic (exact) mass is 230 g/mol. The molecule has 0 aromatic carbocycles. The van der Waals surface area contributed by atoms with E-state index in [0.29, 0.717) is 0 Å². The summed E-state index contributed by atoms with van der Waals surface area (Å²) < 4.78 is 9.22. The minimum Gasteiger partial charge on any atom is -0.547 e. The van der Waals surface area contributed by atoms with E-state index < -0.39 is 36.7 Å². The van der Waals surface area contributed by atoms with Gasteiger partial charge in [-0.3, -0.25) is 0 Å². The van der Waals surface area contributed by atoms with Crippen molar-refractivity contribution >= 4 is 5.97 Å². The summed E-state index contributed by atoms with van der Waals surface area (Å²) in [5.74, 6) is -1.68. The van der Waals surface area contributed by atoms with Gasteiger partial charge in [-0.15, -0.1) is 0 Å². The maximum atomic E-state index is 10.4. The quantitative estimate of drug-likeness (QED) is 0.403. The number of rotatable bonds is 2. The number of methoxy groups -OCH3 is 1. The van der Waals surface area contributed by atoms with Crippen molar-refractivity contribution in [2.45, 2.75) is 30.7 Å². The Hall–Kier alpha value is 0.270. The first-order valence-electron chi connectivity index (χ1n) is 3.92. The molecule has 1 fully saturated rings. The second kappa shape index (κ2) is 6.12. The third-order valence-electron chi connectivity index (χ3n) is 2.03. The van der Waals surface area contributed by atoms with Crippen molar-refractivity contribution in [2.75, 3.05) is 7.11 Å². The molecule has 5 atom stereocenters. The first-order valence-corrected chi connectivity index (χ1v) is 3.92. The summed E-state index contributed by atoms with van der Waals surface area (Å²) in [6.45, 7) is 0. The van der Waals surface area contributed by atoms with Gasteiger partial charge < -0.3 is 34.7 Å². The van der Waals surface area contributed by atoms with Crippen molar-refractivity contribution in [3.05, 3.63) is 0 Å². The maximum absolute atomic E-state index is 10.4. The van der Waals surface area contributed by atoms with E-state index in [0.717, 1.165) is 0 Å². The Kier molecular flexibility index (Phi) is 6.23. The van der Waals surface area contributed by atoms with Crippen LogP contribution in [0.25, 0.3) is 0 Å². The normalized spacial score (nSPS) is 40.7. The molecule has 8 heteroatoms. The largest absolute Gasteiger partial charge is 1.00 e. The molecule has 1 heterocycles. The number of carbonyl (C=O) groups excluding carboxylic acids is 1. The molecule has 0 aromatic rings. The van der Waals surface area contributed by atoms with E-state index in [4.69, 9.17) is 0 Å². The predicted molar refractivity (Wildman–Crippen MR) is 38.7 cm³/mol. The van der Waals surface area contributed by atoms with Gasteiger partial charge in [0.1, 0.15) is 24.4 Å². The molecule has 7 nitrogen and oxygen atoms in total. The number of carboxylic acids is 1. The number of ether oxygens (including phenoxy) is 2. The summed E-state index contributed by atoms with van der Waals surface area (Å²) in [5.41, 5.74) is 0. The topological polar surface area (TPSA) is 119 Å². The molecule has 0 bridgehead atoms. The van der Waals surface area contributed by atoms with Crippen molar-refractivity contribution in [1.29, 1.82) is 0 Å². The van der Waals surface area contributed by atoms with Gasteiger partial charge in [-0.05, 0) is 0 Å². The van der Waals surface area contributed by atoms with Crippen LogP contribution in [0.3, 0.4) is 0 Å². The van der Waals surface area contributed by atoms with Crippen LogP contribution in [0, 0.1) is 0 Å².